The number of pyridine rings is 1. The highest BCUT2D eigenvalue weighted by molar-refractivity contribution is 6.31. The fourth-order valence-electron chi connectivity index (χ4n) is 2.50. The molecular weight excluding hydrogens is 270 g/mol. The second-order valence-corrected chi connectivity index (χ2v) is 6.59. The van der Waals surface area contributed by atoms with Crippen LogP contribution in [0.1, 0.15) is 44.6 Å². The predicted octanol–water partition coefficient (Wildman–Crippen LogP) is 3.61. The number of nitrogens with zero attached hydrogens (tertiary/aromatic N) is 2. The minimum Gasteiger partial charge on any atom is -0.356 e. The van der Waals surface area contributed by atoms with Gasteiger partial charge in [-0.15, -0.1) is 0 Å². The molecule has 0 atom stereocenters. The summed E-state index contributed by atoms with van der Waals surface area (Å²) in [5.74, 6) is 1.97. The summed E-state index contributed by atoms with van der Waals surface area (Å²) in [7, 11) is 0. The van der Waals surface area contributed by atoms with Gasteiger partial charge in [-0.2, -0.15) is 0 Å². The quantitative estimate of drug-likeness (QED) is 0.793. The monoisotopic (exact) mass is 293 g/mol. The summed E-state index contributed by atoms with van der Waals surface area (Å²) in [6, 6.07) is 2.89. The Morgan fingerprint density at radius 2 is 2.15 bits per heavy atom. The first-order valence-electron chi connectivity index (χ1n) is 7.89. The average Bonchev–Trinajstić information content (AvgIpc) is 3.32. The van der Waals surface area contributed by atoms with Crippen LogP contribution in [0.25, 0.3) is 0 Å². The molecule has 0 amide bonds. The average molecular weight is 294 g/mol. The zero-order valence-corrected chi connectivity index (χ0v) is 13.0. The number of halogens is 1. The first-order chi connectivity index (χ1) is 9.76. The van der Waals surface area contributed by atoms with Gasteiger partial charge in [0.1, 0.15) is 5.82 Å². The molecule has 20 heavy (non-hydrogen) atoms. The van der Waals surface area contributed by atoms with Crippen molar-refractivity contribution in [2.24, 2.45) is 5.92 Å². The van der Waals surface area contributed by atoms with Crippen molar-refractivity contribution in [1.29, 1.82) is 0 Å². The molecule has 110 valence electrons. The lowest BCUT2D eigenvalue weighted by atomic mass is 10.2. The number of aromatic nitrogens is 1. The second kappa shape index (κ2) is 6.31. The van der Waals surface area contributed by atoms with E-state index in [1.807, 2.05) is 6.20 Å². The van der Waals surface area contributed by atoms with Gasteiger partial charge >= 0.3 is 0 Å². The smallest absolute Gasteiger partial charge is 0.128 e. The van der Waals surface area contributed by atoms with Gasteiger partial charge in [0.15, 0.2) is 0 Å². The second-order valence-electron chi connectivity index (χ2n) is 6.18. The third-order valence-corrected chi connectivity index (χ3v) is 4.41. The molecule has 1 aromatic heterocycles. The molecule has 0 bridgehead atoms. The molecule has 4 heteroatoms. The summed E-state index contributed by atoms with van der Waals surface area (Å²) in [6.45, 7) is 5.33. The van der Waals surface area contributed by atoms with Crippen LogP contribution < -0.4 is 10.2 Å². The Morgan fingerprint density at radius 3 is 2.80 bits per heavy atom. The van der Waals surface area contributed by atoms with Crippen LogP contribution in [0.3, 0.4) is 0 Å². The van der Waals surface area contributed by atoms with E-state index in [4.69, 9.17) is 11.6 Å². The highest BCUT2D eigenvalue weighted by atomic mass is 35.5. The minimum atomic E-state index is 0.709. The lowest BCUT2D eigenvalue weighted by molar-refractivity contribution is 0.680. The minimum absolute atomic E-state index is 0.709. The van der Waals surface area contributed by atoms with Crippen LogP contribution in [0, 0.1) is 5.92 Å². The number of hydrogen-bond donors (Lipinski definition) is 1. The van der Waals surface area contributed by atoms with Crippen LogP contribution >= 0.6 is 11.6 Å². The molecule has 0 unspecified atom stereocenters. The van der Waals surface area contributed by atoms with Gasteiger partial charge in [-0.25, -0.2) is 4.98 Å². The molecule has 3 nitrogen and oxygen atoms in total. The van der Waals surface area contributed by atoms with Gasteiger partial charge in [0.25, 0.3) is 0 Å². The Labute approximate surface area is 126 Å². The normalized spacial score (nSPS) is 18.3. The molecular formula is C16H24ClN3. The van der Waals surface area contributed by atoms with Crippen LogP contribution in [0.15, 0.2) is 12.3 Å². The zero-order valence-electron chi connectivity index (χ0n) is 12.2. The molecule has 1 N–H and O–H groups in total. The molecule has 0 spiro atoms. The molecule has 0 saturated heterocycles. The Kier molecular flexibility index (Phi) is 4.47. The highest BCUT2D eigenvalue weighted by Crippen LogP contribution is 2.32. The SMILES string of the molecule is CCCN(CC1CC1)c1cc(CNC2CC2)c(Cl)cn1. The lowest BCUT2D eigenvalue weighted by Crippen LogP contribution is -2.27. The van der Waals surface area contributed by atoms with Crippen molar-refractivity contribution >= 4 is 17.4 Å². The summed E-state index contributed by atoms with van der Waals surface area (Å²) in [5, 5.41) is 4.32. The molecule has 1 heterocycles. The van der Waals surface area contributed by atoms with Crippen molar-refractivity contribution in [3.05, 3.63) is 22.8 Å². The van der Waals surface area contributed by atoms with Crippen molar-refractivity contribution in [2.45, 2.75) is 51.6 Å². The summed E-state index contributed by atoms with van der Waals surface area (Å²) in [4.78, 5) is 6.97. The molecule has 2 aliphatic carbocycles. The first kappa shape index (κ1) is 14.2. The highest BCUT2D eigenvalue weighted by Gasteiger charge is 2.25. The molecule has 0 radical (unpaired) electrons. The molecule has 1 aromatic rings. The van der Waals surface area contributed by atoms with Crippen LogP contribution in [-0.4, -0.2) is 24.1 Å². The van der Waals surface area contributed by atoms with E-state index >= 15 is 0 Å². The van der Waals surface area contributed by atoms with Crippen LogP contribution in [0.4, 0.5) is 5.82 Å². The van der Waals surface area contributed by atoms with E-state index in [1.165, 1.54) is 31.2 Å². The number of anilines is 1. The van der Waals surface area contributed by atoms with E-state index < -0.39 is 0 Å². The largest absolute Gasteiger partial charge is 0.356 e. The van der Waals surface area contributed by atoms with Crippen molar-refractivity contribution in [2.75, 3.05) is 18.0 Å². The van der Waals surface area contributed by atoms with E-state index in [0.29, 0.717) is 6.04 Å². The third kappa shape index (κ3) is 3.86. The predicted molar refractivity (Wildman–Crippen MR) is 84.3 cm³/mol. The third-order valence-electron chi connectivity index (χ3n) is 4.07. The fraction of sp³-hybridized carbons (Fsp3) is 0.688. The van der Waals surface area contributed by atoms with Crippen molar-refractivity contribution < 1.29 is 0 Å². The first-order valence-corrected chi connectivity index (χ1v) is 8.26. The van der Waals surface area contributed by atoms with Gasteiger partial charge in [0, 0.05) is 31.9 Å². The Morgan fingerprint density at radius 1 is 1.35 bits per heavy atom. The maximum Gasteiger partial charge on any atom is 0.128 e. The Balaban J connectivity index is 1.70. The maximum absolute atomic E-state index is 6.28. The van der Waals surface area contributed by atoms with Gasteiger partial charge < -0.3 is 10.2 Å². The molecule has 2 fully saturated rings. The molecule has 2 saturated carbocycles. The summed E-state index contributed by atoms with van der Waals surface area (Å²) in [5.41, 5.74) is 1.18. The topological polar surface area (TPSA) is 28.2 Å². The van der Waals surface area contributed by atoms with E-state index in [1.54, 1.807) is 0 Å². The van der Waals surface area contributed by atoms with Crippen molar-refractivity contribution in [3.63, 3.8) is 0 Å². The number of rotatable bonds is 8. The Bertz CT molecular complexity index is 455. The molecule has 2 aliphatic rings. The molecule has 0 aliphatic heterocycles. The van der Waals surface area contributed by atoms with Gasteiger partial charge in [-0.05, 0) is 49.7 Å². The molecule has 0 aromatic carbocycles. The van der Waals surface area contributed by atoms with Crippen LogP contribution in [0.5, 0.6) is 0 Å². The standard InChI is InChI=1S/C16H24ClN3/c1-2-7-20(11-12-3-4-12)16-8-13(15(17)10-19-16)9-18-14-5-6-14/h8,10,12,14,18H,2-7,9,11H2,1H3. The van der Waals surface area contributed by atoms with Crippen LogP contribution in [-0.2, 0) is 6.54 Å². The fourth-order valence-corrected chi connectivity index (χ4v) is 2.67. The zero-order chi connectivity index (χ0) is 13.9. The van der Waals surface area contributed by atoms with E-state index in [9.17, 15) is 0 Å². The number of hydrogen-bond acceptors (Lipinski definition) is 3. The van der Waals surface area contributed by atoms with Gasteiger partial charge in [-0.1, -0.05) is 18.5 Å². The summed E-state index contributed by atoms with van der Waals surface area (Å²) < 4.78 is 0. The summed E-state index contributed by atoms with van der Waals surface area (Å²) in [6.07, 6.45) is 8.34. The van der Waals surface area contributed by atoms with Gasteiger partial charge in [0.05, 0.1) is 5.02 Å². The van der Waals surface area contributed by atoms with Crippen molar-refractivity contribution in [3.8, 4) is 0 Å². The van der Waals surface area contributed by atoms with Crippen molar-refractivity contribution in [1.82, 2.24) is 10.3 Å². The maximum atomic E-state index is 6.28. The van der Waals surface area contributed by atoms with Gasteiger partial charge in [-0.3, -0.25) is 0 Å². The summed E-state index contributed by atoms with van der Waals surface area (Å²) >= 11 is 6.28. The Hall–Kier alpha value is -0.800. The van der Waals surface area contributed by atoms with Crippen LogP contribution in [0.2, 0.25) is 5.02 Å². The molecule has 3 rings (SSSR count). The lowest BCUT2D eigenvalue weighted by Gasteiger charge is -2.24. The van der Waals surface area contributed by atoms with Gasteiger partial charge in [0.2, 0.25) is 0 Å². The van der Waals surface area contributed by atoms with E-state index in [2.05, 4.69) is 28.2 Å². The number of nitrogens with one attached hydrogen (secondary N) is 1. The van der Waals surface area contributed by atoms with E-state index in [0.717, 1.165) is 42.8 Å². The van der Waals surface area contributed by atoms with E-state index in [-0.39, 0.29) is 0 Å².